The minimum atomic E-state index is -0.807. The van der Waals surface area contributed by atoms with Crippen molar-refractivity contribution in [2.75, 3.05) is 6.54 Å². The average Bonchev–Trinajstić information content (AvgIpc) is 3.72. The van der Waals surface area contributed by atoms with E-state index in [1.54, 1.807) is 4.90 Å². The summed E-state index contributed by atoms with van der Waals surface area (Å²) in [7, 11) is 0. The summed E-state index contributed by atoms with van der Waals surface area (Å²) < 4.78 is 0. The predicted molar refractivity (Wildman–Crippen MR) is 185 cm³/mol. The van der Waals surface area contributed by atoms with Gasteiger partial charge in [0.05, 0.1) is 10.9 Å². The molecule has 0 spiro atoms. The lowest BCUT2D eigenvalue weighted by atomic mass is 9.86. The van der Waals surface area contributed by atoms with Gasteiger partial charge in [-0.25, -0.2) is 9.97 Å². The van der Waals surface area contributed by atoms with Gasteiger partial charge in [0.15, 0.2) is 11.6 Å². The van der Waals surface area contributed by atoms with E-state index in [2.05, 4.69) is 81.1 Å². The van der Waals surface area contributed by atoms with Crippen LogP contribution in [0, 0.1) is 0 Å². The molecule has 0 aliphatic carbocycles. The number of nitrogens with one attached hydrogen (secondary N) is 1. The number of amides is 2. The number of carbonyl (C=O) groups is 3. The Balaban J connectivity index is 1.33. The van der Waals surface area contributed by atoms with E-state index in [4.69, 9.17) is 0 Å². The summed E-state index contributed by atoms with van der Waals surface area (Å²) in [6.07, 6.45) is 5.39. The summed E-state index contributed by atoms with van der Waals surface area (Å²) in [5.74, 6) is 0.0744. The van der Waals surface area contributed by atoms with Gasteiger partial charge in [-0.05, 0) is 59.4 Å². The molecule has 46 heavy (non-hydrogen) atoms. The number of carbonyl (C=O) groups excluding carboxylic acids is 3. The van der Waals surface area contributed by atoms with Crippen molar-refractivity contribution in [2.24, 2.45) is 0 Å². The van der Waals surface area contributed by atoms with E-state index in [9.17, 15) is 14.4 Å². The van der Waals surface area contributed by atoms with Gasteiger partial charge in [0, 0.05) is 41.4 Å². The predicted octanol–water partition coefficient (Wildman–Crippen LogP) is 7.39. The summed E-state index contributed by atoms with van der Waals surface area (Å²) in [6, 6.07) is 18.8. The molecular formula is C38H44N4O3S. The molecule has 5 rings (SSSR count). The lowest BCUT2D eigenvalue weighted by Gasteiger charge is -2.28. The van der Waals surface area contributed by atoms with Crippen LogP contribution in [0.2, 0.25) is 0 Å². The highest BCUT2D eigenvalue weighted by Gasteiger charge is 2.36. The van der Waals surface area contributed by atoms with Crippen LogP contribution in [0.3, 0.4) is 0 Å². The Morgan fingerprint density at radius 1 is 0.848 bits per heavy atom. The molecule has 1 saturated heterocycles. The second-order valence-electron chi connectivity index (χ2n) is 14.3. The van der Waals surface area contributed by atoms with Gasteiger partial charge in [0.2, 0.25) is 5.91 Å². The van der Waals surface area contributed by atoms with Gasteiger partial charge < -0.3 is 10.2 Å². The number of hydrogen-bond donors (Lipinski definition) is 1. The van der Waals surface area contributed by atoms with Crippen molar-refractivity contribution in [3.8, 4) is 22.5 Å². The Morgan fingerprint density at radius 2 is 1.48 bits per heavy atom. The maximum absolute atomic E-state index is 13.8. The van der Waals surface area contributed by atoms with Crippen LogP contribution in [0.25, 0.3) is 22.5 Å². The number of thiophene rings is 1. The summed E-state index contributed by atoms with van der Waals surface area (Å²) in [6.45, 7) is 15.0. The molecule has 8 heteroatoms. The smallest absolute Gasteiger partial charge is 0.262 e. The zero-order chi connectivity index (χ0) is 33.2. The van der Waals surface area contributed by atoms with E-state index in [0.717, 1.165) is 33.6 Å². The van der Waals surface area contributed by atoms with Gasteiger partial charge in [-0.1, -0.05) is 90.1 Å². The maximum Gasteiger partial charge on any atom is 0.262 e. The minimum Gasteiger partial charge on any atom is -0.339 e. The van der Waals surface area contributed by atoms with E-state index in [-0.39, 0.29) is 28.4 Å². The first-order valence-electron chi connectivity index (χ1n) is 15.9. The average molecular weight is 637 g/mol. The molecular weight excluding hydrogens is 593 g/mol. The van der Waals surface area contributed by atoms with E-state index in [0.29, 0.717) is 30.1 Å². The van der Waals surface area contributed by atoms with E-state index in [1.807, 2.05) is 48.8 Å². The lowest BCUT2D eigenvalue weighted by molar-refractivity contribution is -0.138. The van der Waals surface area contributed by atoms with Crippen molar-refractivity contribution in [3.63, 3.8) is 0 Å². The minimum absolute atomic E-state index is 0.0266. The van der Waals surface area contributed by atoms with Crippen molar-refractivity contribution < 1.29 is 14.4 Å². The van der Waals surface area contributed by atoms with Gasteiger partial charge in [-0.3, -0.25) is 14.4 Å². The fourth-order valence-corrected chi connectivity index (χ4v) is 6.73. The van der Waals surface area contributed by atoms with Crippen LogP contribution >= 0.6 is 11.3 Å². The van der Waals surface area contributed by atoms with Gasteiger partial charge in [0.1, 0.15) is 6.04 Å². The molecule has 7 nitrogen and oxygen atoms in total. The SMILES string of the molecule is CC(=O)C1CCCN1C(=O)C(Cc1ccc(-c2ncc(-c3ccc(C(C)(C)C)cc3)cn2)cc1)NC(=O)c1ccc(C(C)(C)C)s1. The molecule has 2 amide bonds. The standard InChI is InChI=1S/C38H44N4O3S/c1-24(43)31-9-8-20-42(31)36(45)30(41-35(44)32-18-19-33(46-32)38(5,6)7)21-25-10-12-27(13-11-25)34-39-22-28(23-40-34)26-14-16-29(17-15-26)37(2,3)4/h10-19,22-23,30-31H,8-9,20-21H2,1-7H3,(H,41,44). The number of likely N-dealkylation sites (tertiary alicyclic amines) is 1. The molecule has 0 saturated carbocycles. The summed E-state index contributed by atoms with van der Waals surface area (Å²) in [5.41, 5.74) is 5.05. The Bertz CT molecular complexity index is 1700. The molecule has 2 unspecified atom stereocenters. The molecule has 1 N–H and O–H groups in total. The highest BCUT2D eigenvalue weighted by Crippen LogP contribution is 2.30. The van der Waals surface area contributed by atoms with Crippen LogP contribution in [0.4, 0.5) is 0 Å². The molecule has 3 heterocycles. The first-order valence-corrected chi connectivity index (χ1v) is 16.8. The topological polar surface area (TPSA) is 92.3 Å². The molecule has 2 aromatic heterocycles. The number of aromatic nitrogens is 2. The third kappa shape index (κ3) is 7.61. The molecule has 1 aliphatic heterocycles. The van der Waals surface area contributed by atoms with Crippen molar-refractivity contribution in [2.45, 2.75) is 90.6 Å². The molecule has 0 bridgehead atoms. The summed E-state index contributed by atoms with van der Waals surface area (Å²) in [5, 5.41) is 3.01. The molecule has 0 radical (unpaired) electrons. The fourth-order valence-electron chi connectivity index (χ4n) is 5.76. The Kier molecular flexibility index (Phi) is 9.59. The van der Waals surface area contributed by atoms with Crippen molar-refractivity contribution in [1.82, 2.24) is 20.2 Å². The number of benzene rings is 2. The summed E-state index contributed by atoms with van der Waals surface area (Å²) >= 11 is 1.44. The van der Waals surface area contributed by atoms with Crippen molar-refractivity contribution in [1.29, 1.82) is 0 Å². The third-order valence-electron chi connectivity index (χ3n) is 8.57. The number of hydrogen-bond acceptors (Lipinski definition) is 6. The first kappa shape index (κ1) is 33.2. The quantitative estimate of drug-likeness (QED) is 0.218. The Labute approximate surface area is 276 Å². The molecule has 1 fully saturated rings. The number of nitrogens with zero attached hydrogens (tertiary/aromatic N) is 3. The van der Waals surface area contributed by atoms with E-state index in [1.165, 1.54) is 23.8 Å². The zero-order valence-electron chi connectivity index (χ0n) is 27.9. The van der Waals surface area contributed by atoms with Gasteiger partial charge in [-0.2, -0.15) is 0 Å². The lowest BCUT2D eigenvalue weighted by Crippen LogP contribution is -2.52. The fraction of sp³-hybridized carbons (Fsp3) is 0.395. The van der Waals surface area contributed by atoms with Crippen molar-refractivity contribution >= 4 is 28.9 Å². The van der Waals surface area contributed by atoms with Gasteiger partial charge in [0.25, 0.3) is 5.91 Å². The van der Waals surface area contributed by atoms with Crippen LogP contribution in [-0.2, 0) is 26.8 Å². The second kappa shape index (κ2) is 13.3. The van der Waals surface area contributed by atoms with Gasteiger partial charge in [-0.15, -0.1) is 11.3 Å². The molecule has 2 aromatic carbocycles. The normalized spacial score (nSPS) is 15.9. The van der Waals surface area contributed by atoms with E-state index < -0.39 is 12.1 Å². The Hall–Kier alpha value is -4.17. The Morgan fingerprint density at radius 3 is 2.04 bits per heavy atom. The highest BCUT2D eigenvalue weighted by atomic mass is 32.1. The van der Waals surface area contributed by atoms with Crippen molar-refractivity contribution in [3.05, 3.63) is 93.9 Å². The maximum atomic E-state index is 13.8. The molecule has 2 atom stereocenters. The van der Waals surface area contributed by atoms with Crippen LogP contribution in [0.1, 0.15) is 87.0 Å². The van der Waals surface area contributed by atoms with Crippen LogP contribution in [0.5, 0.6) is 0 Å². The monoisotopic (exact) mass is 636 g/mol. The summed E-state index contributed by atoms with van der Waals surface area (Å²) in [4.78, 5) is 52.1. The van der Waals surface area contributed by atoms with Gasteiger partial charge >= 0.3 is 0 Å². The molecule has 240 valence electrons. The number of Topliss-reactive ketones (excluding diaryl/α,β-unsaturated/α-hetero) is 1. The second-order valence-corrected chi connectivity index (χ2v) is 15.3. The number of ketones is 1. The largest absolute Gasteiger partial charge is 0.339 e. The van der Waals surface area contributed by atoms with E-state index >= 15 is 0 Å². The molecule has 4 aromatic rings. The number of rotatable bonds is 8. The highest BCUT2D eigenvalue weighted by molar-refractivity contribution is 7.14. The van der Waals surface area contributed by atoms with Crippen LogP contribution in [-0.4, -0.2) is 51.1 Å². The molecule has 1 aliphatic rings. The zero-order valence-corrected chi connectivity index (χ0v) is 28.7. The van der Waals surface area contributed by atoms with Crippen LogP contribution < -0.4 is 5.32 Å². The van der Waals surface area contributed by atoms with Crippen LogP contribution in [0.15, 0.2) is 73.1 Å². The first-order chi connectivity index (χ1) is 21.7. The third-order valence-corrected chi connectivity index (χ3v) is 10.1.